The van der Waals surface area contributed by atoms with Gasteiger partial charge in [0.1, 0.15) is 11.0 Å². The van der Waals surface area contributed by atoms with E-state index in [-0.39, 0.29) is 5.11 Å². The number of aryl methyl sites for hydroxylation is 2. The van der Waals surface area contributed by atoms with Gasteiger partial charge in [0, 0.05) is 30.0 Å². The summed E-state index contributed by atoms with van der Waals surface area (Å²) in [6.45, 7) is 17.0. The van der Waals surface area contributed by atoms with Crippen molar-refractivity contribution in [3.63, 3.8) is 0 Å². The molecule has 0 aliphatic rings. The van der Waals surface area contributed by atoms with Crippen molar-refractivity contribution in [1.82, 2.24) is 20.3 Å². The van der Waals surface area contributed by atoms with E-state index < -0.39 is 5.91 Å². The Morgan fingerprint density at radius 1 is 0.837 bits per heavy atom. The van der Waals surface area contributed by atoms with Crippen LogP contribution < -0.4 is 29.7 Å². The van der Waals surface area contributed by atoms with Crippen LogP contribution in [0.5, 0.6) is 17.2 Å². The van der Waals surface area contributed by atoms with Crippen molar-refractivity contribution in [2.24, 2.45) is 0 Å². The molecule has 0 radical (unpaired) electrons. The van der Waals surface area contributed by atoms with Gasteiger partial charge in [0.15, 0.2) is 16.6 Å². The lowest BCUT2D eigenvalue weighted by atomic mass is 10.1. The first-order valence-corrected chi connectivity index (χ1v) is 15.1. The van der Waals surface area contributed by atoms with E-state index in [1.807, 2.05) is 45.9 Å². The summed E-state index contributed by atoms with van der Waals surface area (Å²) in [6, 6.07) is 13.4. The van der Waals surface area contributed by atoms with E-state index in [2.05, 4.69) is 48.4 Å². The Balaban J connectivity index is 1.54. The number of thiocarbonyl (C=S) groups is 1. The molecule has 10 nitrogen and oxygen atoms in total. The Morgan fingerprint density at radius 3 is 2.00 bits per heavy atom. The fourth-order valence-corrected chi connectivity index (χ4v) is 5.01. The molecule has 1 amide bonds. The van der Waals surface area contributed by atoms with Crippen molar-refractivity contribution < 1.29 is 19.0 Å². The van der Waals surface area contributed by atoms with Gasteiger partial charge in [0.05, 0.1) is 25.5 Å². The molecule has 228 valence electrons. The quantitative estimate of drug-likeness (QED) is 0.183. The van der Waals surface area contributed by atoms with Crippen LogP contribution in [0.15, 0.2) is 42.5 Å². The lowest BCUT2D eigenvalue weighted by Gasteiger charge is -2.22. The molecule has 0 unspecified atom stereocenters. The first kappa shape index (κ1) is 31.6. The van der Waals surface area contributed by atoms with Crippen LogP contribution >= 0.6 is 12.2 Å². The molecule has 0 aliphatic heterocycles. The van der Waals surface area contributed by atoms with E-state index in [0.717, 1.165) is 41.1 Å². The highest BCUT2D eigenvalue weighted by atomic mass is 32.1. The van der Waals surface area contributed by atoms with Crippen molar-refractivity contribution in [3.05, 3.63) is 59.2 Å². The van der Waals surface area contributed by atoms with Crippen LogP contribution in [-0.2, 0) is 0 Å². The Hall–Kier alpha value is -4.38. The van der Waals surface area contributed by atoms with Gasteiger partial charge in [-0.05, 0) is 114 Å². The molecular formula is C32H40N6O4S. The van der Waals surface area contributed by atoms with Crippen LogP contribution in [0.1, 0.15) is 56.1 Å². The molecule has 0 atom stereocenters. The molecule has 11 heteroatoms. The smallest absolute Gasteiger partial charge is 0.257 e. The maximum absolute atomic E-state index is 13.2. The molecule has 4 rings (SSSR count). The number of hydrogen-bond donors (Lipinski definition) is 2. The van der Waals surface area contributed by atoms with Crippen LogP contribution in [0, 0.1) is 13.8 Å². The molecular weight excluding hydrogens is 564 g/mol. The first-order chi connectivity index (χ1) is 20.7. The Labute approximate surface area is 258 Å². The van der Waals surface area contributed by atoms with E-state index in [1.165, 1.54) is 5.69 Å². The molecule has 4 aromatic rings. The van der Waals surface area contributed by atoms with Gasteiger partial charge in [-0.25, -0.2) is 0 Å². The number of benzene rings is 3. The number of anilines is 2. The van der Waals surface area contributed by atoms with E-state index in [4.69, 9.17) is 36.6 Å². The van der Waals surface area contributed by atoms with Crippen LogP contribution in [0.25, 0.3) is 16.7 Å². The van der Waals surface area contributed by atoms with Gasteiger partial charge >= 0.3 is 0 Å². The summed E-state index contributed by atoms with van der Waals surface area (Å²) in [5, 5.41) is 15.5. The van der Waals surface area contributed by atoms with Gasteiger partial charge in [-0.15, -0.1) is 10.2 Å². The molecule has 0 spiro atoms. The number of amides is 1. The zero-order valence-electron chi connectivity index (χ0n) is 25.9. The first-order valence-electron chi connectivity index (χ1n) is 14.6. The number of nitrogens with zero attached hydrogens (tertiary/aromatic N) is 4. The number of fused-ring (bicyclic) bond motifs is 1. The van der Waals surface area contributed by atoms with Gasteiger partial charge in [0.2, 0.25) is 5.75 Å². The average molecular weight is 605 g/mol. The third-order valence-electron chi connectivity index (χ3n) is 6.90. The summed E-state index contributed by atoms with van der Waals surface area (Å²) in [7, 11) is 0. The maximum atomic E-state index is 13.2. The van der Waals surface area contributed by atoms with Gasteiger partial charge in [0.25, 0.3) is 5.91 Å². The lowest BCUT2D eigenvalue weighted by molar-refractivity contribution is 0.0976. The van der Waals surface area contributed by atoms with Crippen LogP contribution in [0.2, 0.25) is 0 Å². The zero-order chi connectivity index (χ0) is 31.1. The van der Waals surface area contributed by atoms with Gasteiger partial charge in [-0.2, -0.15) is 4.80 Å². The highest BCUT2D eigenvalue weighted by molar-refractivity contribution is 7.80. The Morgan fingerprint density at radius 2 is 1.44 bits per heavy atom. The minimum Gasteiger partial charge on any atom is -0.490 e. The van der Waals surface area contributed by atoms with Crippen molar-refractivity contribution in [2.75, 3.05) is 43.1 Å². The maximum Gasteiger partial charge on any atom is 0.257 e. The summed E-state index contributed by atoms with van der Waals surface area (Å²) in [5.41, 5.74) is 6.58. The van der Waals surface area contributed by atoms with Crippen LogP contribution in [-0.4, -0.2) is 58.9 Å². The third-order valence-corrected chi connectivity index (χ3v) is 7.10. The SMILES string of the molecule is CCOc1cc(C(=O)NC(=S)Nc2cc3nn(-c4ccc(N(CC)CC)cc4C)nc3cc2C)cc(OCC)c1OCC. The summed E-state index contributed by atoms with van der Waals surface area (Å²) in [5.74, 6) is 0.925. The summed E-state index contributed by atoms with van der Waals surface area (Å²) < 4.78 is 17.2. The highest BCUT2D eigenvalue weighted by Gasteiger charge is 2.19. The topological polar surface area (TPSA) is 103 Å². The van der Waals surface area contributed by atoms with Gasteiger partial charge in [-0.1, -0.05) is 0 Å². The second-order valence-electron chi connectivity index (χ2n) is 9.80. The lowest BCUT2D eigenvalue weighted by Crippen LogP contribution is -2.34. The Kier molecular flexibility index (Phi) is 10.4. The molecule has 0 fully saturated rings. The number of hydrogen-bond acceptors (Lipinski definition) is 8. The van der Waals surface area contributed by atoms with Crippen molar-refractivity contribution in [1.29, 1.82) is 0 Å². The molecule has 1 aromatic heterocycles. The van der Waals surface area contributed by atoms with E-state index in [1.54, 1.807) is 16.9 Å². The average Bonchev–Trinajstić information content (AvgIpc) is 3.37. The molecule has 43 heavy (non-hydrogen) atoms. The predicted molar refractivity (Wildman–Crippen MR) is 176 cm³/mol. The van der Waals surface area contributed by atoms with Gasteiger partial charge < -0.3 is 24.4 Å². The molecule has 1 heterocycles. The predicted octanol–water partition coefficient (Wildman–Crippen LogP) is 6.21. The molecule has 0 aliphatic carbocycles. The zero-order valence-corrected chi connectivity index (χ0v) is 26.7. The number of carbonyl (C=O) groups excluding carboxylic acids is 1. The minimum absolute atomic E-state index is 0.146. The van der Waals surface area contributed by atoms with Crippen LogP contribution in [0.4, 0.5) is 11.4 Å². The highest BCUT2D eigenvalue weighted by Crippen LogP contribution is 2.39. The molecule has 0 saturated heterocycles. The largest absolute Gasteiger partial charge is 0.490 e. The molecule has 3 aromatic carbocycles. The third kappa shape index (κ3) is 7.16. The number of rotatable bonds is 12. The number of carbonyl (C=O) groups is 1. The molecule has 2 N–H and O–H groups in total. The summed E-state index contributed by atoms with van der Waals surface area (Å²) >= 11 is 5.51. The van der Waals surface area contributed by atoms with E-state index >= 15 is 0 Å². The van der Waals surface area contributed by atoms with Crippen molar-refractivity contribution in [2.45, 2.75) is 48.5 Å². The fourth-order valence-electron chi connectivity index (χ4n) is 4.81. The van der Waals surface area contributed by atoms with Crippen molar-refractivity contribution in [3.8, 4) is 22.9 Å². The van der Waals surface area contributed by atoms with Crippen molar-refractivity contribution >= 4 is 45.6 Å². The monoisotopic (exact) mass is 604 g/mol. The molecule has 0 saturated carbocycles. The van der Waals surface area contributed by atoms with E-state index in [0.29, 0.717) is 48.1 Å². The number of aromatic nitrogens is 3. The molecule has 0 bridgehead atoms. The van der Waals surface area contributed by atoms with Gasteiger partial charge in [-0.3, -0.25) is 10.1 Å². The number of ether oxygens (including phenoxy) is 3. The van der Waals surface area contributed by atoms with E-state index in [9.17, 15) is 4.79 Å². The second kappa shape index (κ2) is 14.2. The fraction of sp³-hybridized carbons (Fsp3) is 0.375. The summed E-state index contributed by atoms with van der Waals surface area (Å²) in [6.07, 6.45) is 0. The number of nitrogens with one attached hydrogen (secondary N) is 2. The Bertz CT molecular complexity index is 1590. The van der Waals surface area contributed by atoms with Crippen LogP contribution in [0.3, 0.4) is 0 Å². The minimum atomic E-state index is -0.407. The normalized spacial score (nSPS) is 10.9. The second-order valence-corrected chi connectivity index (χ2v) is 10.2. The summed E-state index contributed by atoms with van der Waals surface area (Å²) in [4.78, 5) is 17.2. The standard InChI is InChI=1S/C32H40N6O4S/c1-8-37(9-2)23-13-14-27(21(7)15-23)38-35-25-16-20(6)24(19-26(25)36-38)33-32(43)34-31(39)22-17-28(40-10-3)30(42-12-5)29(18-22)41-11-4/h13-19H,8-12H2,1-7H3,(H2,33,34,39,43).